The van der Waals surface area contributed by atoms with Gasteiger partial charge in [0.1, 0.15) is 12.1 Å². The van der Waals surface area contributed by atoms with Crippen LogP contribution in [0.25, 0.3) is 21.8 Å². The average Bonchev–Trinajstić information content (AvgIpc) is 3.45. The van der Waals surface area contributed by atoms with Crippen LogP contribution < -0.4 is 11.1 Å². The average molecular weight is 1090 g/mol. The number of carbonyl (C=O) groups is 2. The molecule has 75 heavy (non-hydrogen) atoms. The van der Waals surface area contributed by atoms with E-state index < -0.39 is 12.1 Å². The molecule has 15 heteroatoms. The normalized spacial score (nSPS) is 13.7. The standard InChI is InChI=1S/C30H40N4O3.C21H35N3O3.C9H6BrN/c1-36-22-21-34(19-8-7-10-24-15-14-23-9-3-5-12-26(23)32-24)20-17-29(30(35)37-2)33-28-16-18-31-27-13-6-4-11-25(27)28;1-26-16-15-24(14-12-19(22)21(25)27-2)13-6-5-8-18-11-10-17-7-3-4-9-20(17)23-18;10-8-5-6-11-9-4-2-1-3-7(8)9/h4,6,11,13-16,18,29H,3,5,7-10,12,17,19-22H2,1-2H3,(H,31,33);10-11,19H,3-9,12-16,22H2,1-2H3;1-6H/t29-;19-;/m00./s1. The molecule has 0 fully saturated rings. The molecular formula is C60H81BrN8O6. The molecule has 0 spiro atoms. The number of hydrogen-bond acceptors (Lipinski definition) is 14. The van der Waals surface area contributed by atoms with Crippen LogP contribution in [0.1, 0.15) is 98.1 Å². The number of unbranched alkanes of at least 4 members (excludes halogenated alkanes) is 2. The molecule has 8 rings (SSSR count). The number of pyridine rings is 4. The van der Waals surface area contributed by atoms with E-state index >= 15 is 0 Å². The molecule has 3 N–H and O–H groups in total. The van der Waals surface area contributed by atoms with Crippen LogP contribution in [0.4, 0.5) is 5.69 Å². The first-order chi connectivity index (χ1) is 36.7. The van der Waals surface area contributed by atoms with Crippen molar-refractivity contribution in [2.45, 2.75) is 115 Å². The van der Waals surface area contributed by atoms with Gasteiger partial charge in [-0.2, -0.15) is 0 Å². The molecular weight excluding hydrogens is 1010 g/mol. The third-order valence-electron chi connectivity index (χ3n) is 14.1. The van der Waals surface area contributed by atoms with E-state index in [0.29, 0.717) is 26.1 Å². The summed E-state index contributed by atoms with van der Waals surface area (Å²) in [5.74, 6) is -0.605. The second-order valence-corrected chi connectivity index (χ2v) is 20.3. The number of hydrogen-bond donors (Lipinski definition) is 2. The maximum absolute atomic E-state index is 12.6. The van der Waals surface area contributed by atoms with Crippen LogP contribution in [0.15, 0.2) is 102 Å². The molecule has 4 aromatic heterocycles. The van der Waals surface area contributed by atoms with Crippen LogP contribution in [-0.4, -0.2) is 135 Å². The lowest BCUT2D eigenvalue weighted by atomic mass is 9.95. The Morgan fingerprint density at radius 1 is 0.587 bits per heavy atom. The summed E-state index contributed by atoms with van der Waals surface area (Å²) in [5, 5.41) is 5.57. The smallest absolute Gasteiger partial charge is 0.328 e. The molecule has 0 amide bonds. The van der Waals surface area contributed by atoms with Crippen molar-refractivity contribution in [3.05, 3.63) is 136 Å². The summed E-state index contributed by atoms with van der Waals surface area (Å²) < 4.78 is 21.5. The number of nitrogens with zero attached hydrogens (tertiary/aromatic N) is 6. The Labute approximate surface area is 454 Å². The second-order valence-electron chi connectivity index (χ2n) is 19.4. The molecule has 2 aliphatic carbocycles. The summed E-state index contributed by atoms with van der Waals surface area (Å²) >= 11 is 3.46. The Morgan fingerprint density at radius 3 is 1.64 bits per heavy atom. The number of aromatic nitrogens is 4. The van der Waals surface area contributed by atoms with Gasteiger partial charge in [0.05, 0.1) is 38.5 Å². The van der Waals surface area contributed by atoms with E-state index in [0.717, 1.165) is 123 Å². The van der Waals surface area contributed by atoms with Gasteiger partial charge >= 0.3 is 11.9 Å². The Kier molecular flexibility index (Phi) is 25.8. The predicted molar refractivity (Wildman–Crippen MR) is 304 cm³/mol. The van der Waals surface area contributed by atoms with Crippen molar-refractivity contribution in [2.75, 3.05) is 86.2 Å². The number of nitrogens with two attached hydrogens (primary N) is 1. The molecule has 0 aliphatic heterocycles. The summed E-state index contributed by atoms with van der Waals surface area (Å²) in [5.41, 5.74) is 16.6. The van der Waals surface area contributed by atoms with Crippen LogP contribution in [0.2, 0.25) is 0 Å². The van der Waals surface area contributed by atoms with Crippen molar-refractivity contribution in [2.24, 2.45) is 5.73 Å². The van der Waals surface area contributed by atoms with Crippen molar-refractivity contribution in [3.63, 3.8) is 0 Å². The Bertz CT molecular complexity index is 2650. The lowest BCUT2D eigenvalue weighted by Gasteiger charge is -2.25. The van der Waals surface area contributed by atoms with Crippen LogP contribution >= 0.6 is 15.9 Å². The summed E-state index contributed by atoms with van der Waals surface area (Å²) in [6.07, 6.45) is 20.9. The first-order valence-electron chi connectivity index (χ1n) is 27.1. The molecule has 2 aliphatic rings. The molecule has 404 valence electrons. The van der Waals surface area contributed by atoms with Crippen LogP contribution in [0.5, 0.6) is 0 Å². The SMILES string of the molecule is Brc1ccnc2ccccc12.COCCN(CCCCc1ccc2c(n1)CCCC2)CC[C@H](N)C(=O)OC.COCCN(CCCCc1ccc2c(n1)CCCC2)CC[C@H](Nc1ccnc2ccccc12)C(=O)OC. The fourth-order valence-corrected chi connectivity index (χ4v) is 10.1. The highest BCUT2D eigenvalue weighted by Gasteiger charge is 2.22. The first kappa shape index (κ1) is 58.8. The van der Waals surface area contributed by atoms with E-state index in [1.54, 1.807) is 26.6 Å². The molecule has 0 unspecified atom stereocenters. The number of nitrogens with one attached hydrogen (secondary N) is 1. The van der Waals surface area contributed by atoms with E-state index in [4.69, 9.17) is 34.6 Å². The van der Waals surface area contributed by atoms with Gasteiger partial charge in [0.2, 0.25) is 0 Å². The minimum atomic E-state index is -0.556. The Morgan fingerprint density at radius 2 is 1.09 bits per heavy atom. The van der Waals surface area contributed by atoms with E-state index in [-0.39, 0.29) is 11.9 Å². The molecule has 0 radical (unpaired) electrons. The number of methoxy groups -OCH3 is 4. The van der Waals surface area contributed by atoms with Gasteiger partial charge < -0.3 is 39.8 Å². The molecule has 4 heterocycles. The number of halogens is 1. The van der Waals surface area contributed by atoms with Gasteiger partial charge in [-0.15, -0.1) is 0 Å². The number of anilines is 1. The van der Waals surface area contributed by atoms with Crippen molar-refractivity contribution in [1.29, 1.82) is 0 Å². The number of benzene rings is 2. The van der Waals surface area contributed by atoms with Gasteiger partial charge in [-0.3, -0.25) is 24.7 Å². The van der Waals surface area contributed by atoms with E-state index in [2.05, 4.69) is 65.3 Å². The molecule has 14 nitrogen and oxygen atoms in total. The van der Waals surface area contributed by atoms with E-state index in [9.17, 15) is 9.59 Å². The third kappa shape index (κ3) is 19.6. The highest BCUT2D eigenvalue weighted by atomic mass is 79.9. The molecule has 2 atom stereocenters. The van der Waals surface area contributed by atoms with Gasteiger partial charge in [0.15, 0.2) is 0 Å². The number of para-hydroxylation sites is 2. The van der Waals surface area contributed by atoms with E-state index in [1.807, 2.05) is 60.7 Å². The van der Waals surface area contributed by atoms with Crippen molar-refractivity contribution in [3.8, 4) is 0 Å². The number of fused-ring (bicyclic) bond motifs is 4. The van der Waals surface area contributed by atoms with Crippen molar-refractivity contribution < 1.29 is 28.5 Å². The zero-order chi connectivity index (χ0) is 53.0. The highest BCUT2D eigenvalue weighted by Crippen LogP contribution is 2.25. The summed E-state index contributed by atoms with van der Waals surface area (Å²) in [7, 11) is 6.26. The van der Waals surface area contributed by atoms with Gasteiger partial charge in [-0.05, 0) is 163 Å². The van der Waals surface area contributed by atoms with Gasteiger partial charge in [-0.25, -0.2) is 4.79 Å². The second kappa shape index (κ2) is 32.9. The fraction of sp³-hybridized carbons (Fsp3) is 0.500. The molecule has 0 saturated heterocycles. The summed E-state index contributed by atoms with van der Waals surface area (Å²) in [6, 6.07) is 27.8. The molecule has 0 saturated carbocycles. The topological polar surface area (TPSA) is 167 Å². The lowest BCUT2D eigenvalue weighted by molar-refractivity contribution is -0.143. The summed E-state index contributed by atoms with van der Waals surface area (Å²) in [4.78, 5) is 47.2. The minimum Gasteiger partial charge on any atom is -0.468 e. The number of carbonyl (C=O) groups excluding carboxylic acids is 2. The largest absolute Gasteiger partial charge is 0.468 e. The summed E-state index contributed by atoms with van der Waals surface area (Å²) in [6.45, 7) is 6.51. The Balaban J connectivity index is 0.000000208. The quantitative estimate of drug-likeness (QED) is 0.0389. The van der Waals surface area contributed by atoms with Crippen LogP contribution in [0.3, 0.4) is 0 Å². The van der Waals surface area contributed by atoms with Gasteiger partial charge in [0.25, 0.3) is 0 Å². The lowest BCUT2D eigenvalue weighted by Crippen LogP contribution is -2.37. The maximum atomic E-state index is 12.6. The predicted octanol–water partition coefficient (Wildman–Crippen LogP) is 9.94. The van der Waals surface area contributed by atoms with Crippen molar-refractivity contribution in [1.82, 2.24) is 29.7 Å². The molecule has 6 aromatic rings. The monoisotopic (exact) mass is 1090 g/mol. The zero-order valence-electron chi connectivity index (χ0n) is 45.0. The maximum Gasteiger partial charge on any atom is 0.328 e. The van der Waals surface area contributed by atoms with E-state index in [1.165, 1.54) is 86.6 Å². The zero-order valence-corrected chi connectivity index (χ0v) is 46.5. The molecule has 0 bridgehead atoms. The van der Waals surface area contributed by atoms with Crippen molar-refractivity contribution >= 4 is 55.4 Å². The van der Waals surface area contributed by atoms with Crippen LogP contribution in [-0.2, 0) is 67.1 Å². The third-order valence-corrected chi connectivity index (χ3v) is 14.8. The van der Waals surface area contributed by atoms with Gasteiger partial charge in [-0.1, -0.05) is 64.5 Å². The minimum absolute atomic E-state index is 0.258. The fourth-order valence-electron chi connectivity index (χ4n) is 9.69. The first-order valence-corrected chi connectivity index (χ1v) is 27.9. The van der Waals surface area contributed by atoms with Crippen LogP contribution in [0, 0.1) is 0 Å². The number of aryl methyl sites for hydroxylation is 6. The number of ether oxygens (including phenoxy) is 4. The Hall–Kier alpha value is -5.42. The number of esters is 2. The molecule has 2 aromatic carbocycles. The highest BCUT2D eigenvalue weighted by molar-refractivity contribution is 9.10. The van der Waals surface area contributed by atoms with Gasteiger partial charge in [0, 0.05) is 96.5 Å². The number of rotatable bonds is 26.